The number of benzene rings is 5. The summed E-state index contributed by atoms with van der Waals surface area (Å²) in [5.74, 6) is 1.44. The molecule has 0 atom stereocenters. The molecule has 0 aliphatic heterocycles. The van der Waals surface area contributed by atoms with Crippen molar-refractivity contribution in [3.8, 4) is 56.3 Å². The SMILES string of the molecule is CC(C)c1cccc(C(C)C)c1-n1c(-c2ccccc2O)nc2c(-c3[c-]c(-c4cc(-c5ccccc5)ccn4)cc(C(C)(C)C)c3)cc(C(C)(C)C)cc21.[Pt]. The summed E-state index contributed by atoms with van der Waals surface area (Å²) in [5.41, 5.74) is 14.3. The van der Waals surface area contributed by atoms with Gasteiger partial charge in [-0.25, -0.2) is 4.98 Å². The number of rotatable bonds is 7. The molecule has 0 amide bonds. The molecule has 4 nitrogen and oxygen atoms in total. The van der Waals surface area contributed by atoms with Gasteiger partial charge in [-0.05, 0) is 74.7 Å². The van der Waals surface area contributed by atoms with Crippen molar-refractivity contribution >= 4 is 11.0 Å². The Bertz CT molecular complexity index is 2450. The normalized spacial score (nSPS) is 12.1. The number of hydrogen-bond donors (Lipinski definition) is 1. The van der Waals surface area contributed by atoms with Crippen molar-refractivity contribution in [2.75, 3.05) is 0 Å². The minimum absolute atomic E-state index is 0. The molecule has 2 aromatic heterocycles. The molecule has 0 fully saturated rings. The third-order valence-electron chi connectivity index (χ3n) is 10.5. The Labute approximate surface area is 342 Å². The molecule has 55 heavy (non-hydrogen) atoms. The standard InChI is InChI=1S/C50H52N3O.Pt/c1-31(2)39-20-16-21-40(32(3)4)47(39)53-44-30-38(50(8,9)10)29-42(46(44)52-48(53)41-19-14-15-22-45(41)54)35-25-36(27-37(26-35)49(5,6)7)43-28-34(23-24-51-43)33-17-12-11-13-18-33;/h11-24,26-32,54H,1-10H3;/q-1;. The number of phenols is 1. The van der Waals surface area contributed by atoms with E-state index in [-0.39, 0.29) is 49.5 Å². The van der Waals surface area contributed by atoms with Crippen molar-refractivity contribution in [3.63, 3.8) is 0 Å². The summed E-state index contributed by atoms with van der Waals surface area (Å²) in [6.07, 6.45) is 1.89. The van der Waals surface area contributed by atoms with Gasteiger partial charge in [0, 0.05) is 33.0 Å². The van der Waals surface area contributed by atoms with Crippen molar-refractivity contribution < 1.29 is 26.2 Å². The van der Waals surface area contributed by atoms with E-state index in [0.717, 1.165) is 56.1 Å². The summed E-state index contributed by atoms with van der Waals surface area (Å²) in [4.78, 5) is 10.4. The number of nitrogens with zero attached hydrogens (tertiary/aromatic N) is 3. The van der Waals surface area contributed by atoms with Crippen molar-refractivity contribution in [3.05, 3.63) is 144 Å². The number of phenolic OH excluding ortho intramolecular Hbond substituents is 1. The van der Waals surface area contributed by atoms with E-state index in [0.29, 0.717) is 5.56 Å². The zero-order chi connectivity index (χ0) is 38.5. The van der Waals surface area contributed by atoms with E-state index in [1.807, 2.05) is 30.5 Å². The Hall–Kier alpha value is -4.79. The quantitative estimate of drug-likeness (QED) is 0.162. The van der Waals surface area contributed by atoms with Gasteiger partial charge in [-0.1, -0.05) is 153 Å². The van der Waals surface area contributed by atoms with E-state index in [1.165, 1.54) is 22.3 Å². The van der Waals surface area contributed by atoms with Gasteiger partial charge in [-0.15, -0.1) is 29.3 Å². The summed E-state index contributed by atoms with van der Waals surface area (Å²) >= 11 is 0. The predicted molar refractivity (Wildman–Crippen MR) is 227 cm³/mol. The smallest absolute Gasteiger partial charge is 0.148 e. The second kappa shape index (κ2) is 15.4. The molecule has 0 aliphatic carbocycles. The van der Waals surface area contributed by atoms with Crippen molar-refractivity contribution in [1.29, 1.82) is 0 Å². The molecular weight excluding hydrogens is 854 g/mol. The second-order valence-electron chi connectivity index (χ2n) is 17.3. The molecule has 284 valence electrons. The van der Waals surface area contributed by atoms with Crippen LogP contribution < -0.4 is 0 Å². The Morgan fingerprint density at radius 3 is 1.84 bits per heavy atom. The minimum atomic E-state index is -0.165. The van der Waals surface area contributed by atoms with E-state index in [9.17, 15) is 5.11 Å². The van der Waals surface area contributed by atoms with Crippen LogP contribution in [0.5, 0.6) is 5.75 Å². The molecule has 0 saturated carbocycles. The molecule has 7 rings (SSSR count). The average Bonchev–Trinajstić information content (AvgIpc) is 3.52. The van der Waals surface area contributed by atoms with Gasteiger partial charge in [-0.2, -0.15) is 0 Å². The summed E-state index contributed by atoms with van der Waals surface area (Å²) < 4.78 is 2.33. The summed E-state index contributed by atoms with van der Waals surface area (Å²) in [7, 11) is 0. The Kier molecular flexibility index (Phi) is 11.2. The first-order valence-corrected chi connectivity index (χ1v) is 19.2. The first kappa shape index (κ1) is 39.9. The van der Waals surface area contributed by atoms with E-state index < -0.39 is 0 Å². The number of pyridine rings is 1. The molecule has 0 saturated heterocycles. The van der Waals surface area contributed by atoms with Gasteiger partial charge in [0.15, 0.2) is 0 Å². The molecule has 0 bridgehead atoms. The fraction of sp³-hybridized carbons (Fsp3) is 0.280. The number of hydrogen-bond acceptors (Lipinski definition) is 3. The molecule has 0 spiro atoms. The van der Waals surface area contributed by atoms with Gasteiger partial charge >= 0.3 is 0 Å². The topological polar surface area (TPSA) is 50.9 Å². The van der Waals surface area contributed by atoms with Crippen LogP contribution in [0.2, 0.25) is 0 Å². The zero-order valence-corrected chi connectivity index (χ0v) is 36.0. The molecule has 2 heterocycles. The maximum absolute atomic E-state index is 11.4. The van der Waals surface area contributed by atoms with E-state index >= 15 is 0 Å². The Morgan fingerprint density at radius 2 is 1.22 bits per heavy atom. The Balaban J connectivity index is 0.00000514. The molecular formula is C50H52N3OPt-. The van der Waals surface area contributed by atoms with Crippen LogP contribution in [0.25, 0.3) is 61.6 Å². The van der Waals surface area contributed by atoms with Crippen LogP contribution in [0.15, 0.2) is 115 Å². The predicted octanol–water partition coefficient (Wildman–Crippen LogP) is 13.4. The molecule has 5 aromatic carbocycles. The molecule has 0 radical (unpaired) electrons. The van der Waals surface area contributed by atoms with Gasteiger partial charge in [0.2, 0.25) is 0 Å². The van der Waals surface area contributed by atoms with Crippen LogP contribution in [-0.4, -0.2) is 19.6 Å². The third kappa shape index (κ3) is 7.85. The number of aromatic nitrogens is 3. The van der Waals surface area contributed by atoms with Crippen LogP contribution in [0.3, 0.4) is 0 Å². The summed E-state index contributed by atoms with van der Waals surface area (Å²) in [6, 6.07) is 41.9. The second-order valence-corrected chi connectivity index (χ2v) is 17.3. The average molecular weight is 906 g/mol. The van der Waals surface area contributed by atoms with Crippen LogP contribution in [0.1, 0.15) is 103 Å². The fourth-order valence-corrected chi connectivity index (χ4v) is 7.33. The first-order chi connectivity index (χ1) is 25.6. The van der Waals surface area contributed by atoms with E-state index in [1.54, 1.807) is 6.07 Å². The molecule has 5 heteroatoms. The minimum Gasteiger partial charge on any atom is -0.507 e. The molecule has 0 unspecified atom stereocenters. The number of para-hydroxylation sites is 2. The first-order valence-electron chi connectivity index (χ1n) is 19.2. The van der Waals surface area contributed by atoms with Crippen molar-refractivity contribution in [2.24, 2.45) is 0 Å². The van der Waals surface area contributed by atoms with Gasteiger partial charge in [0.1, 0.15) is 11.6 Å². The zero-order valence-electron chi connectivity index (χ0n) is 33.7. The van der Waals surface area contributed by atoms with E-state index in [4.69, 9.17) is 9.97 Å². The third-order valence-corrected chi connectivity index (χ3v) is 10.5. The van der Waals surface area contributed by atoms with Crippen molar-refractivity contribution in [1.82, 2.24) is 14.5 Å². The van der Waals surface area contributed by atoms with Crippen LogP contribution >= 0.6 is 0 Å². The Morgan fingerprint density at radius 1 is 0.618 bits per heavy atom. The van der Waals surface area contributed by atoms with Crippen molar-refractivity contribution in [2.45, 2.75) is 91.9 Å². The monoisotopic (exact) mass is 905 g/mol. The molecule has 0 aliphatic rings. The number of fused-ring (bicyclic) bond motifs is 1. The molecule has 7 aromatic rings. The number of aromatic hydroxyl groups is 1. The van der Waals surface area contributed by atoms with Crippen LogP contribution in [0.4, 0.5) is 0 Å². The van der Waals surface area contributed by atoms with Crippen LogP contribution in [0, 0.1) is 6.07 Å². The summed E-state index contributed by atoms with van der Waals surface area (Å²) in [5, 5.41) is 11.4. The van der Waals surface area contributed by atoms with E-state index in [2.05, 4.69) is 159 Å². The van der Waals surface area contributed by atoms with Crippen LogP contribution in [-0.2, 0) is 31.9 Å². The van der Waals surface area contributed by atoms with Gasteiger partial charge in [-0.3, -0.25) is 9.55 Å². The van der Waals surface area contributed by atoms with Gasteiger partial charge < -0.3 is 5.11 Å². The molecule has 1 N–H and O–H groups in total. The largest absolute Gasteiger partial charge is 0.507 e. The fourth-order valence-electron chi connectivity index (χ4n) is 7.33. The van der Waals surface area contributed by atoms with Gasteiger partial charge in [0.05, 0.1) is 22.3 Å². The maximum Gasteiger partial charge on any atom is 0.148 e. The number of imidazole rings is 1. The van der Waals surface area contributed by atoms with Gasteiger partial charge in [0.25, 0.3) is 0 Å². The maximum atomic E-state index is 11.4. The summed E-state index contributed by atoms with van der Waals surface area (Å²) in [6.45, 7) is 22.6.